The molecule has 0 rings (SSSR count). The normalized spacial score (nSPS) is 8.33. The molecule has 0 atom stereocenters. The van der Waals surface area contributed by atoms with E-state index in [4.69, 9.17) is 5.73 Å². The van der Waals surface area contributed by atoms with Gasteiger partial charge in [0.25, 0.3) is 0 Å². The van der Waals surface area contributed by atoms with Crippen LogP contribution in [0.15, 0.2) is 12.2 Å². The van der Waals surface area contributed by atoms with Crippen LogP contribution in [0.3, 0.4) is 0 Å². The lowest BCUT2D eigenvalue weighted by atomic mass is 10.4. The van der Waals surface area contributed by atoms with Gasteiger partial charge in [-0.25, -0.2) is 0 Å². The van der Waals surface area contributed by atoms with Crippen molar-refractivity contribution >= 4 is 6.29 Å². The quantitative estimate of drug-likeness (QED) is 0.448. The molecule has 0 fully saturated rings. The lowest BCUT2D eigenvalue weighted by molar-refractivity contribution is -0.107. The second-order valence-corrected chi connectivity index (χ2v) is 1.38. The molecule has 0 spiro atoms. The van der Waals surface area contributed by atoms with Crippen LogP contribution >= 0.6 is 0 Å². The highest BCUT2D eigenvalue weighted by molar-refractivity contribution is 5.51. The van der Waals surface area contributed by atoms with E-state index in [0.717, 1.165) is 12.8 Å². The summed E-state index contributed by atoms with van der Waals surface area (Å²) >= 11 is 0. The maximum Gasteiger partial charge on any atom is 0.123 e. The fraction of sp³-hybridized carbons (Fsp3) is 0.571. The minimum Gasteiger partial charge on any atom is -0.331 e. The zero-order valence-corrected chi connectivity index (χ0v) is 6.13. The fourth-order valence-corrected chi connectivity index (χ4v) is 0.192. The molecule has 0 unspecified atom stereocenters. The van der Waals surface area contributed by atoms with Gasteiger partial charge in [0, 0.05) is 6.42 Å². The molecule has 0 aromatic heterocycles. The Labute approximate surface area is 56.7 Å². The third kappa shape index (κ3) is 37.8. The molecule has 0 aliphatic heterocycles. The van der Waals surface area contributed by atoms with Crippen LogP contribution in [0.4, 0.5) is 0 Å². The van der Waals surface area contributed by atoms with Crippen molar-refractivity contribution < 1.29 is 4.79 Å². The summed E-state index contributed by atoms with van der Waals surface area (Å²) in [5.74, 6) is 0. The van der Waals surface area contributed by atoms with Gasteiger partial charge in [-0.1, -0.05) is 19.1 Å². The molecular formula is C7H15NO. The van der Waals surface area contributed by atoms with E-state index in [-0.39, 0.29) is 0 Å². The Balaban J connectivity index is 0. The van der Waals surface area contributed by atoms with E-state index in [1.54, 1.807) is 0 Å². The summed E-state index contributed by atoms with van der Waals surface area (Å²) in [4.78, 5) is 9.51. The average molecular weight is 129 g/mol. The van der Waals surface area contributed by atoms with E-state index < -0.39 is 0 Å². The number of rotatable bonds is 2. The van der Waals surface area contributed by atoms with Crippen LogP contribution in [0.25, 0.3) is 0 Å². The number of hydrogen-bond acceptors (Lipinski definition) is 2. The van der Waals surface area contributed by atoms with Crippen molar-refractivity contribution in [2.24, 2.45) is 5.73 Å². The molecule has 0 bridgehead atoms. The molecule has 9 heavy (non-hydrogen) atoms. The van der Waals surface area contributed by atoms with E-state index in [1.165, 1.54) is 0 Å². The molecule has 0 aromatic carbocycles. The summed E-state index contributed by atoms with van der Waals surface area (Å²) < 4.78 is 0. The first-order valence-electron chi connectivity index (χ1n) is 3.08. The van der Waals surface area contributed by atoms with Crippen molar-refractivity contribution in [3.8, 4) is 0 Å². The molecule has 2 heteroatoms. The van der Waals surface area contributed by atoms with Crippen molar-refractivity contribution in [2.45, 2.75) is 20.3 Å². The van der Waals surface area contributed by atoms with E-state index in [0.29, 0.717) is 6.42 Å². The first kappa shape index (κ1) is 11.2. The van der Waals surface area contributed by atoms with Gasteiger partial charge in [-0.2, -0.15) is 0 Å². The van der Waals surface area contributed by atoms with Crippen LogP contribution in [0, 0.1) is 0 Å². The van der Waals surface area contributed by atoms with E-state index in [9.17, 15) is 4.79 Å². The highest BCUT2D eigenvalue weighted by atomic mass is 16.1. The Hall–Kier alpha value is -0.630. The minimum atomic E-state index is 0.552. The molecule has 2 N–H and O–H groups in total. The average Bonchev–Trinajstić information content (AvgIpc) is 1.86. The molecule has 0 aromatic rings. The van der Waals surface area contributed by atoms with Crippen LogP contribution < -0.4 is 5.73 Å². The summed E-state index contributed by atoms with van der Waals surface area (Å²) in [6.45, 7) is 4.55. The van der Waals surface area contributed by atoms with Gasteiger partial charge in [-0.05, 0) is 13.5 Å². The minimum absolute atomic E-state index is 0.552. The largest absolute Gasteiger partial charge is 0.331 e. The maximum absolute atomic E-state index is 9.51. The van der Waals surface area contributed by atoms with Crippen LogP contribution in [0.5, 0.6) is 0 Å². The first-order valence-corrected chi connectivity index (χ1v) is 3.08. The highest BCUT2D eigenvalue weighted by Gasteiger charge is 1.63. The lowest BCUT2D eigenvalue weighted by Crippen LogP contribution is -1.87. The molecule has 54 valence electrons. The Morgan fingerprint density at radius 3 is 2.11 bits per heavy atom. The topological polar surface area (TPSA) is 43.1 Å². The highest BCUT2D eigenvalue weighted by Crippen LogP contribution is 1.71. The van der Waals surface area contributed by atoms with Crippen LogP contribution in [0.2, 0.25) is 0 Å². The number of aldehydes is 1. The zero-order valence-electron chi connectivity index (χ0n) is 6.13. The van der Waals surface area contributed by atoms with Gasteiger partial charge in [-0.3, -0.25) is 0 Å². The Kier molecular flexibility index (Phi) is 19.5. The summed E-state index contributed by atoms with van der Waals surface area (Å²) in [6, 6.07) is 0. The Morgan fingerprint density at radius 1 is 1.56 bits per heavy atom. The standard InChI is InChI=1S/C5H8O.C2H7N/c1-2-3-4-5-6;1-2-3/h2-3,5H,4H2,1H3;2-3H2,1H3/b3-2-;. The summed E-state index contributed by atoms with van der Waals surface area (Å²) in [5, 5.41) is 0. The van der Waals surface area contributed by atoms with Crippen molar-refractivity contribution in [1.82, 2.24) is 0 Å². The number of carbonyl (C=O) groups excluding carboxylic acids is 1. The zero-order chi connectivity index (χ0) is 7.54. The predicted molar refractivity (Wildman–Crippen MR) is 40.2 cm³/mol. The third-order valence-corrected chi connectivity index (χ3v) is 0.468. The summed E-state index contributed by atoms with van der Waals surface area (Å²) in [7, 11) is 0. The molecule has 0 aliphatic rings. The van der Waals surface area contributed by atoms with Crippen LogP contribution in [-0.4, -0.2) is 12.8 Å². The van der Waals surface area contributed by atoms with E-state index >= 15 is 0 Å². The fourth-order valence-electron chi connectivity index (χ4n) is 0.192. The summed E-state index contributed by atoms with van der Waals surface area (Å²) in [6.07, 6.45) is 5.10. The summed E-state index contributed by atoms with van der Waals surface area (Å²) in [5.41, 5.74) is 4.85. The van der Waals surface area contributed by atoms with Gasteiger partial charge in [0.1, 0.15) is 6.29 Å². The molecular weight excluding hydrogens is 114 g/mol. The SMILES string of the molecule is C/C=C\CC=O.CCN. The van der Waals surface area contributed by atoms with Crippen molar-refractivity contribution in [3.63, 3.8) is 0 Å². The monoisotopic (exact) mass is 129 g/mol. The second-order valence-electron chi connectivity index (χ2n) is 1.38. The number of carbonyl (C=O) groups is 1. The number of hydrogen-bond donors (Lipinski definition) is 1. The van der Waals surface area contributed by atoms with Crippen molar-refractivity contribution in [1.29, 1.82) is 0 Å². The first-order chi connectivity index (χ1) is 4.33. The van der Waals surface area contributed by atoms with Crippen LogP contribution in [0.1, 0.15) is 20.3 Å². The molecule has 0 radical (unpaired) electrons. The van der Waals surface area contributed by atoms with Gasteiger partial charge < -0.3 is 10.5 Å². The molecule has 2 nitrogen and oxygen atoms in total. The number of allylic oxidation sites excluding steroid dienone is 2. The molecule has 0 heterocycles. The second kappa shape index (κ2) is 15.7. The van der Waals surface area contributed by atoms with Crippen LogP contribution in [-0.2, 0) is 4.79 Å². The van der Waals surface area contributed by atoms with Gasteiger partial charge in [0.05, 0.1) is 0 Å². The molecule has 0 aliphatic carbocycles. The Bertz CT molecular complexity index is 69.3. The van der Waals surface area contributed by atoms with Gasteiger partial charge in [0.2, 0.25) is 0 Å². The van der Waals surface area contributed by atoms with Crippen molar-refractivity contribution in [2.75, 3.05) is 6.54 Å². The predicted octanol–water partition coefficient (Wildman–Crippen LogP) is 1.12. The van der Waals surface area contributed by atoms with E-state index in [2.05, 4.69) is 0 Å². The van der Waals surface area contributed by atoms with Gasteiger partial charge in [0.15, 0.2) is 0 Å². The van der Waals surface area contributed by atoms with Crippen molar-refractivity contribution in [3.05, 3.63) is 12.2 Å². The smallest absolute Gasteiger partial charge is 0.123 e. The maximum atomic E-state index is 9.51. The van der Waals surface area contributed by atoms with Gasteiger partial charge >= 0.3 is 0 Å². The molecule has 0 saturated heterocycles. The number of nitrogens with two attached hydrogens (primary N) is 1. The van der Waals surface area contributed by atoms with E-state index in [1.807, 2.05) is 26.0 Å². The third-order valence-electron chi connectivity index (χ3n) is 0.468. The lowest BCUT2D eigenvalue weighted by Gasteiger charge is -1.65. The molecule has 0 amide bonds. The Morgan fingerprint density at radius 2 is 2.00 bits per heavy atom. The van der Waals surface area contributed by atoms with Gasteiger partial charge in [-0.15, -0.1) is 0 Å². The molecule has 0 saturated carbocycles.